The first-order valence-electron chi connectivity index (χ1n) is 4.59. The second-order valence-corrected chi connectivity index (χ2v) is 3.34. The molecule has 82 valence electrons. The second-order valence-electron chi connectivity index (χ2n) is 3.34. The molecule has 15 heavy (non-hydrogen) atoms. The standard InChI is InChI=1S/C11H12F2O2/c1-7(10(15)11(12)13)9(14)8-5-3-2-4-6-8/h2-7,10-11,15H,1H3/t7-,10-/m1/s1. The molecule has 0 amide bonds. The fourth-order valence-electron chi connectivity index (χ4n) is 1.24. The van der Waals surface area contributed by atoms with Crippen molar-refractivity contribution in [3.63, 3.8) is 0 Å². The number of rotatable bonds is 4. The van der Waals surface area contributed by atoms with E-state index in [0.717, 1.165) is 0 Å². The first-order valence-corrected chi connectivity index (χ1v) is 4.59. The van der Waals surface area contributed by atoms with Crippen LogP contribution in [0.3, 0.4) is 0 Å². The van der Waals surface area contributed by atoms with Gasteiger partial charge in [0, 0.05) is 5.56 Å². The number of carbonyl (C=O) groups is 1. The summed E-state index contributed by atoms with van der Waals surface area (Å²) in [7, 11) is 0. The van der Waals surface area contributed by atoms with E-state index in [1.807, 2.05) is 0 Å². The molecule has 1 rings (SSSR count). The summed E-state index contributed by atoms with van der Waals surface area (Å²) in [6, 6.07) is 8.10. The van der Waals surface area contributed by atoms with Gasteiger partial charge in [0.2, 0.25) is 0 Å². The van der Waals surface area contributed by atoms with E-state index in [-0.39, 0.29) is 0 Å². The summed E-state index contributed by atoms with van der Waals surface area (Å²) < 4.78 is 24.3. The highest BCUT2D eigenvalue weighted by molar-refractivity contribution is 5.97. The monoisotopic (exact) mass is 214 g/mol. The number of halogens is 2. The molecule has 0 spiro atoms. The van der Waals surface area contributed by atoms with Gasteiger partial charge in [0.15, 0.2) is 5.78 Å². The van der Waals surface area contributed by atoms with E-state index in [0.29, 0.717) is 5.56 Å². The highest BCUT2D eigenvalue weighted by Crippen LogP contribution is 2.16. The van der Waals surface area contributed by atoms with Crippen molar-refractivity contribution in [3.8, 4) is 0 Å². The van der Waals surface area contributed by atoms with Crippen molar-refractivity contribution in [3.05, 3.63) is 35.9 Å². The maximum Gasteiger partial charge on any atom is 0.264 e. The number of ketones is 1. The molecule has 0 radical (unpaired) electrons. The van der Waals surface area contributed by atoms with Gasteiger partial charge < -0.3 is 5.11 Å². The van der Waals surface area contributed by atoms with Crippen molar-refractivity contribution < 1.29 is 18.7 Å². The van der Waals surface area contributed by atoms with Crippen LogP contribution >= 0.6 is 0 Å². The molecule has 0 saturated carbocycles. The molecule has 0 unspecified atom stereocenters. The molecular formula is C11H12F2O2. The van der Waals surface area contributed by atoms with Gasteiger partial charge in [0.05, 0.1) is 5.92 Å². The SMILES string of the molecule is C[C@H](C(=O)c1ccccc1)[C@@H](O)C(F)F. The molecule has 1 aromatic carbocycles. The molecule has 1 aromatic rings. The van der Waals surface area contributed by atoms with Gasteiger partial charge in [-0.2, -0.15) is 0 Å². The lowest BCUT2D eigenvalue weighted by Gasteiger charge is -2.16. The maximum absolute atomic E-state index is 12.2. The molecule has 2 atom stereocenters. The lowest BCUT2D eigenvalue weighted by atomic mass is 9.94. The van der Waals surface area contributed by atoms with Crippen molar-refractivity contribution in [2.75, 3.05) is 0 Å². The predicted octanol–water partition coefficient (Wildman–Crippen LogP) is 2.13. The van der Waals surface area contributed by atoms with E-state index in [9.17, 15) is 13.6 Å². The van der Waals surface area contributed by atoms with Crippen LogP contribution in [0.15, 0.2) is 30.3 Å². The maximum atomic E-state index is 12.2. The zero-order chi connectivity index (χ0) is 11.4. The van der Waals surface area contributed by atoms with Gasteiger partial charge >= 0.3 is 0 Å². The third-order valence-corrected chi connectivity index (χ3v) is 2.24. The number of aliphatic hydroxyl groups is 1. The first-order chi connectivity index (χ1) is 7.04. The number of hydrogen-bond acceptors (Lipinski definition) is 2. The van der Waals surface area contributed by atoms with Crippen LogP contribution in [0.4, 0.5) is 8.78 Å². The zero-order valence-electron chi connectivity index (χ0n) is 8.23. The van der Waals surface area contributed by atoms with Gasteiger partial charge in [0.1, 0.15) is 6.10 Å². The van der Waals surface area contributed by atoms with Gasteiger partial charge in [0.25, 0.3) is 6.43 Å². The van der Waals surface area contributed by atoms with Crippen molar-refractivity contribution in [2.24, 2.45) is 5.92 Å². The predicted molar refractivity (Wildman–Crippen MR) is 51.9 cm³/mol. The van der Waals surface area contributed by atoms with E-state index < -0.39 is 24.2 Å². The first kappa shape index (κ1) is 11.8. The average Bonchev–Trinajstić information content (AvgIpc) is 2.27. The summed E-state index contributed by atoms with van der Waals surface area (Å²) in [5, 5.41) is 9.06. The van der Waals surface area contributed by atoms with Crippen LogP contribution in [0, 0.1) is 5.92 Å². The Bertz CT molecular complexity index is 325. The molecule has 4 heteroatoms. The number of alkyl halides is 2. The summed E-state index contributed by atoms with van der Waals surface area (Å²) in [4.78, 5) is 11.6. The number of benzene rings is 1. The molecule has 2 nitrogen and oxygen atoms in total. The summed E-state index contributed by atoms with van der Waals surface area (Å²) >= 11 is 0. The van der Waals surface area contributed by atoms with Crippen molar-refractivity contribution in [1.29, 1.82) is 0 Å². The Balaban J connectivity index is 2.78. The third kappa shape index (κ3) is 2.83. The van der Waals surface area contributed by atoms with E-state index in [1.165, 1.54) is 19.1 Å². The quantitative estimate of drug-likeness (QED) is 0.779. The highest BCUT2D eigenvalue weighted by atomic mass is 19.3. The van der Waals surface area contributed by atoms with E-state index in [1.54, 1.807) is 18.2 Å². The Morgan fingerprint density at radius 3 is 2.27 bits per heavy atom. The lowest BCUT2D eigenvalue weighted by molar-refractivity contribution is -0.0283. The molecule has 0 bridgehead atoms. The van der Waals surface area contributed by atoms with Crippen molar-refractivity contribution >= 4 is 5.78 Å². The molecule has 0 aliphatic heterocycles. The van der Waals surface area contributed by atoms with Gasteiger partial charge in [-0.1, -0.05) is 37.3 Å². The molecule has 0 fully saturated rings. The Morgan fingerprint density at radius 2 is 1.80 bits per heavy atom. The van der Waals surface area contributed by atoms with Crippen molar-refractivity contribution in [1.82, 2.24) is 0 Å². The van der Waals surface area contributed by atoms with Crippen LogP contribution in [0.1, 0.15) is 17.3 Å². The van der Waals surface area contributed by atoms with Crippen LogP contribution in [0.5, 0.6) is 0 Å². The van der Waals surface area contributed by atoms with Gasteiger partial charge in [-0.15, -0.1) is 0 Å². The minimum absolute atomic E-state index is 0.338. The fourth-order valence-corrected chi connectivity index (χ4v) is 1.24. The Labute approximate surface area is 86.5 Å². The molecular weight excluding hydrogens is 202 g/mol. The minimum Gasteiger partial charge on any atom is -0.386 e. The summed E-state index contributed by atoms with van der Waals surface area (Å²) in [5.74, 6) is -1.56. The molecule has 0 heterocycles. The van der Waals surface area contributed by atoms with Gasteiger partial charge in [-0.3, -0.25) is 4.79 Å². The molecule has 0 aliphatic rings. The van der Waals surface area contributed by atoms with Crippen LogP contribution in [0.25, 0.3) is 0 Å². The molecule has 0 aliphatic carbocycles. The van der Waals surface area contributed by atoms with E-state index >= 15 is 0 Å². The minimum atomic E-state index is -2.90. The Hall–Kier alpha value is -1.29. The molecule has 0 saturated heterocycles. The zero-order valence-corrected chi connectivity index (χ0v) is 8.23. The average molecular weight is 214 g/mol. The second kappa shape index (κ2) is 4.98. The normalized spacial score (nSPS) is 15.0. The number of hydrogen-bond donors (Lipinski definition) is 1. The highest BCUT2D eigenvalue weighted by Gasteiger charge is 2.29. The lowest BCUT2D eigenvalue weighted by Crippen LogP contribution is -2.31. The van der Waals surface area contributed by atoms with Crippen LogP contribution in [-0.2, 0) is 0 Å². The van der Waals surface area contributed by atoms with Gasteiger partial charge in [-0.05, 0) is 0 Å². The Morgan fingerprint density at radius 1 is 1.27 bits per heavy atom. The fraction of sp³-hybridized carbons (Fsp3) is 0.364. The molecule has 1 N–H and O–H groups in total. The van der Waals surface area contributed by atoms with Crippen molar-refractivity contribution in [2.45, 2.75) is 19.5 Å². The van der Waals surface area contributed by atoms with Crippen LogP contribution in [0.2, 0.25) is 0 Å². The van der Waals surface area contributed by atoms with Gasteiger partial charge in [-0.25, -0.2) is 8.78 Å². The molecule has 0 aromatic heterocycles. The summed E-state index contributed by atoms with van der Waals surface area (Å²) in [5.41, 5.74) is 0.338. The number of aliphatic hydroxyl groups excluding tert-OH is 1. The number of carbonyl (C=O) groups excluding carboxylic acids is 1. The van der Waals surface area contributed by atoms with Crippen LogP contribution < -0.4 is 0 Å². The smallest absolute Gasteiger partial charge is 0.264 e. The topological polar surface area (TPSA) is 37.3 Å². The third-order valence-electron chi connectivity index (χ3n) is 2.24. The summed E-state index contributed by atoms with van der Waals surface area (Å²) in [6.07, 6.45) is -4.80. The van der Waals surface area contributed by atoms with Crippen LogP contribution in [-0.4, -0.2) is 23.4 Å². The largest absolute Gasteiger partial charge is 0.386 e. The van der Waals surface area contributed by atoms with E-state index in [4.69, 9.17) is 5.11 Å². The Kier molecular flexibility index (Phi) is 3.91. The van der Waals surface area contributed by atoms with E-state index in [2.05, 4.69) is 0 Å². The number of Topliss-reactive ketones (excluding diaryl/α,β-unsaturated/α-hetero) is 1. The summed E-state index contributed by atoms with van der Waals surface area (Å²) in [6.45, 7) is 1.30.